The Morgan fingerprint density at radius 1 is 1.29 bits per heavy atom. The molecule has 0 saturated carbocycles. The maximum Gasteiger partial charge on any atom is 0.231 e. The van der Waals surface area contributed by atoms with Gasteiger partial charge in [-0.2, -0.15) is 0 Å². The van der Waals surface area contributed by atoms with Crippen LogP contribution in [0.2, 0.25) is 5.02 Å². The Kier molecular flexibility index (Phi) is 2.77. The Morgan fingerprint density at radius 2 is 2.14 bits per heavy atom. The van der Waals surface area contributed by atoms with Crippen LogP contribution in [0.15, 0.2) is 34.9 Å². The van der Waals surface area contributed by atoms with Gasteiger partial charge in [-0.1, -0.05) is 11.6 Å². The summed E-state index contributed by atoms with van der Waals surface area (Å²) in [7, 11) is 0. The molecule has 0 atom stereocenters. The van der Waals surface area contributed by atoms with E-state index in [-0.39, 0.29) is 6.79 Å². The number of ether oxygens (including phenoxy) is 2. The quantitative estimate of drug-likeness (QED) is 0.713. The standard InChI is InChI=1S/C14H9BrClN3O2/c15-9-3-7(4-10-13(9)21-6-20-10)12-14(17)19-5-8(16)1-2-11(19)18-12/h1-5H,6,17H2. The first-order valence-electron chi connectivity index (χ1n) is 6.16. The lowest BCUT2D eigenvalue weighted by Crippen LogP contribution is -1.94. The van der Waals surface area contributed by atoms with Crippen LogP contribution < -0.4 is 15.2 Å². The van der Waals surface area contributed by atoms with E-state index in [2.05, 4.69) is 20.9 Å². The van der Waals surface area contributed by atoms with Crippen LogP contribution in [-0.4, -0.2) is 16.2 Å². The molecule has 1 aliphatic rings. The molecule has 106 valence electrons. The largest absolute Gasteiger partial charge is 0.454 e. The molecule has 3 heterocycles. The second-order valence-electron chi connectivity index (χ2n) is 4.61. The molecule has 0 radical (unpaired) electrons. The highest BCUT2D eigenvalue weighted by atomic mass is 79.9. The third-order valence-corrected chi connectivity index (χ3v) is 4.13. The third kappa shape index (κ3) is 1.94. The molecular formula is C14H9BrClN3O2. The monoisotopic (exact) mass is 365 g/mol. The molecule has 7 heteroatoms. The van der Waals surface area contributed by atoms with Gasteiger partial charge >= 0.3 is 0 Å². The van der Waals surface area contributed by atoms with E-state index in [0.717, 1.165) is 15.7 Å². The summed E-state index contributed by atoms with van der Waals surface area (Å²) in [5.41, 5.74) is 8.45. The number of nitrogens with zero attached hydrogens (tertiary/aromatic N) is 2. The van der Waals surface area contributed by atoms with Gasteiger partial charge in [0.15, 0.2) is 11.5 Å². The number of nitrogen functional groups attached to an aromatic ring is 1. The Bertz CT molecular complexity index is 878. The number of pyridine rings is 1. The fraction of sp³-hybridized carbons (Fsp3) is 0.0714. The summed E-state index contributed by atoms with van der Waals surface area (Å²) in [5.74, 6) is 1.90. The van der Waals surface area contributed by atoms with Gasteiger partial charge < -0.3 is 15.2 Å². The number of fused-ring (bicyclic) bond motifs is 2. The molecule has 0 bridgehead atoms. The Hall–Kier alpha value is -1.92. The summed E-state index contributed by atoms with van der Waals surface area (Å²) in [6.07, 6.45) is 1.74. The number of aromatic nitrogens is 2. The lowest BCUT2D eigenvalue weighted by atomic mass is 10.1. The lowest BCUT2D eigenvalue weighted by Gasteiger charge is -2.04. The molecule has 5 nitrogen and oxygen atoms in total. The molecule has 0 aliphatic carbocycles. The summed E-state index contributed by atoms with van der Waals surface area (Å²) in [6.45, 7) is 0.216. The minimum Gasteiger partial charge on any atom is -0.454 e. The van der Waals surface area contributed by atoms with Gasteiger partial charge in [-0.15, -0.1) is 0 Å². The summed E-state index contributed by atoms with van der Waals surface area (Å²) < 4.78 is 13.4. The van der Waals surface area contributed by atoms with Gasteiger partial charge in [-0.05, 0) is 40.2 Å². The van der Waals surface area contributed by atoms with Crippen LogP contribution in [0.3, 0.4) is 0 Å². The summed E-state index contributed by atoms with van der Waals surface area (Å²) in [4.78, 5) is 4.55. The molecule has 0 fully saturated rings. The van der Waals surface area contributed by atoms with Crippen molar-refractivity contribution in [1.82, 2.24) is 9.38 Å². The molecule has 21 heavy (non-hydrogen) atoms. The van der Waals surface area contributed by atoms with Crippen molar-refractivity contribution in [2.75, 3.05) is 12.5 Å². The summed E-state index contributed by atoms with van der Waals surface area (Å²) in [5, 5.41) is 0.602. The third-order valence-electron chi connectivity index (χ3n) is 3.32. The SMILES string of the molecule is Nc1c(-c2cc(Br)c3c(c2)OCO3)nc2ccc(Cl)cn12. The van der Waals surface area contributed by atoms with Crippen LogP contribution in [-0.2, 0) is 0 Å². The highest BCUT2D eigenvalue weighted by Gasteiger charge is 2.21. The maximum absolute atomic E-state index is 6.19. The lowest BCUT2D eigenvalue weighted by molar-refractivity contribution is 0.173. The molecular weight excluding hydrogens is 358 g/mol. The van der Waals surface area contributed by atoms with Gasteiger partial charge in [0.25, 0.3) is 0 Å². The predicted octanol–water partition coefficient (Wildman–Crippen LogP) is 3.73. The molecule has 1 aromatic carbocycles. The van der Waals surface area contributed by atoms with E-state index in [9.17, 15) is 0 Å². The highest BCUT2D eigenvalue weighted by Crippen LogP contribution is 2.43. The van der Waals surface area contributed by atoms with Crippen molar-refractivity contribution in [3.63, 3.8) is 0 Å². The second-order valence-corrected chi connectivity index (χ2v) is 5.90. The fourth-order valence-electron chi connectivity index (χ4n) is 2.35. The van der Waals surface area contributed by atoms with Crippen molar-refractivity contribution < 1.29 is 9.47 Å². The van der Waals surface area contributed by atoms with E-state index in [4.69, 9.17) is 26.8 Å². The van der Waals surface area contributed by atoms with Gasteiger partial charge in [0.05, 0.1) is 9.50 Å². The van der Waals surface area contributed by atoms with Crippen LogP contribution in [0, 0.1) is 0 Å². The molecule has 0 unspecified atom stereocenters. The van der Waals surface area contributed by atoms with Crippen molar-refractivity contribution in [3.8, 4) is 22.8 Å². The first-order valence-corrected chi connectivity index (χ1v) is 7.33. The number of benzene rings is 1. The minimum absolute atomic E-state index is 0.216. The van der Waals surface area contributed by atoms with Gasteiger partial charge in [0, 0.05) is 11.8 Å². The smallest absolute Gasteiger partial charge is 0.231 e. The summed E-state index contributed by atoms with van der Waals surface area (Å²) in [6, 6.07) is 7.38. The summed E-state index contributed by atoms with van der Waals surface area (Å²) >= 11 is 9.47. The van der Waals surface area contributed by atoms with Crippen LogP contribution in [0.25, 0.3) is 16.9 Å². The predicted molar refractivity (Wildman–Crippen MR) is 83.9 cm³/mol. The van der Waals surface area contributed by atoms with E-state index in [1.54, 1.807) is 16.7 Å². The second kappa shape index (κ2) is 4.54. The molecule has 3 aromatic rings. The first-order chi connectivity index (χ1) is 10.1. The van der Waals surface area contributed by atoms with Gasteiger partial charge in [-0.3, -0.25) is 4.40 Å². The van der Waals surface area contributed by atoms with E-state index >= 15 is 0 Å². The van der Waals surface area contributed by atoms with E-state index < -0.39 is 0 Å². The number of nitrogens with two attached hydrogens (primary N) is 1. The minimum atomic E-state index is 0.216. The van der Waals surface area contributed by atoms with Crippen molar-refractivity contribution in [3.05, 3.63) is 40.0 Å². The van der Waals surface area contributed by atoms with Crippen molar-refractivity contribution in [1.29, 1.82) is 0 Å². The van der Waals surface area contributed by atoms with Crippen LogP contribution >= 0.6 is 27.5 Å². The van der Waals surface area contributed by atoms with Crippen molar-refractivity contribution in [2.45, 2.75) is 0 Å². The number of anilines is 1. The van der Waals surface area contributed by atoms with Crippen molar-refractivity contribution >= 4 is 39.0 Å². The molecule has 1 aliphatic heterocycles. The maximum atomic E-state index is 6.19. The van der Waals surface area contributed by atoms with Crippen LogP contribution in [0.1, 0.15) is 0 Å². The topological polar surface area (TPSA) is 61.8 Å². The fourth-order valence-corrected chi connectivity index (χ4v) is 3.07. The number of imidazole rings is 1. The van der Waals surface area contributed by atoms with E-state index in [0.29, 0.717) is 28.0 Å². The Morgan fingerprint density at radius 3 is 3.00 bits per heavy atom. The van der Waals surface area contributed by atoms with Crippen LogP contribution in [0.4, 0.5) is 5.82 Å². The van der Waals surface area contributed by atoms with E-state index in [1.165, 1.54) is 0 Å². The first kappa shape index (κ1) is 12.8. The molecule has 2 N–H and O–H groups in total. The zero-order chi connectivity index (χ0) is 14.6. The van der Waals surface area contributed by atoms with E-state index in [1.807, 2.05) is 18.2 Å². The normalized spacial score (nSPS) is 13.0. The molecule has 0 amide bonds. The van der Waals surface area contributed by atoms with Gasteiger partial charge in [-0.25, -0.2) is 4.98 Å². The zero-order valence-electron chi connectivity index (χ0n) is 10.6. The van der Waals surface area contributed by atoms with Gasteiger partial charge in [0.1, 0.15) is 17.2 Å². The Balaban J connectivity index is 1.95. The number of hydrogen-bond donors (Lipinski definition) is 1. The Labute approximate surface area is 133 Å². The number of halogens is 2. The average molecular weight is 367 g/mol. The zero-order valence-corrected chi connectivity index (χ0v) is 13.0. The average Bonchev–Trinajstić information content (AvgIpc) is 3.05. The number of hydrogen-bond acceptors (Lipinski definition) is 4. The van der Waals surface area contributed by atoms with Crippen molar-refractivity contribution in [2.24, 2.45) is 0 Å². The van der Waals surface area contributed by atoms with Crippen LogP contribution in [0.5, 0.6) is 11.5 Å². The molecule has 0 saturated heterocycles. The molecule has 4 rings (SSSR count). The van der Waals surface area contributed by atoms with Gasteiger partial charge in [0.2, 0.25) is 6.79 Å². The number of rotatable bonds is 1. The molecule has 0 spiro atoms. The molecule has 2 aromatic heterocycles. The highest BCUT2D eigenvalue weighted by molar-refractivity contribution is 9.10.